The zero-order chi connectivity index (χ0) is 15.6. The molecule has 3 nitrogen and oxygen atoms in total. The van der Waals surface area contributed by atoms with E-state index in [4.69, 9.17) is 4.74 Å². The van der Waals surface area contributed by atoms with Crippen molar-refractivity contribution in [3.63, 3.8) is 0 Å². The van der Waals surface area contributed by atoms with Gasteiger partial charge in [0.15, 0.2) is 0 Å². The third-order valence-electron chi connectivity index (χ3n) is 3.49. The van der Waals surface area contributed by atoms with Gasteiger partial charge in [0.05, 0.1) is 12.7 Å². The van der Waals surface area contributed by atoms with Crippen molar-refractivity contribution in [1.29, 1.82) is 0 Å². The summed E-state index contributed by atoms with van der Waals surface area (Å²) in [6, 6.07) is 8.41. The quantitative estimate of drug-likeness (QED) is 0.926. The Morgan fingerprint density at radius 2 is 1.81 bits per heavy atom. The first-order valence-electron chi connectivity index (χ1n) is 6.66. The first kappa shape index (κ1) is 15.0. The van der Waals surface area contributed by atoms with Gasteiger partial charge in [-0.25, -0.2) is 4.39 Å². The Bertz CT molecular complexity index is 695. The van der Waals surface area contributed by atoms with E-state index in [2.05, 4.69) is 5.32 Å². The molecule has 0 atom stereocenters. The second kappa shape index (κ2) is 5.95. The first-order valence-corrected chi connectivity index (χ1v) is 6.66. The summed E-state index contributed by atoms with van der Waals surface area (Å²) in [6.07, 6.45) is 0. The van der Waals surface area contributed by atoms with E-state index in [1.807, 2.05) is 19.9 Å². The van der Waals surface area contributed by atoms with Crippen LogP contribution < -0.4 is 10.1 Å². The van der Waals surface area contributed by atoms with Gasteiger partial charge in [-0.2, -0.15) is 0 Å². The predicted octanol–water partition coefficient (Wildman–Crippen LogP) is 4.01. The molecule has 0 bridgehead atoms. The minimum atomic E-state index is -0.494. The number of nitrogens with one attached hydrogen (secondary N) is 1. The van der Waals surface area contributed by atoms with E-state index < -0.39 is 11.7 Å². The summed E-state index contributed by atoms with van der Waals surface area (Å²) >= 11 is 0. The molecule has 0 unspecified atom stereocenters. The van der Waals surface area contributed by atoms with E-state index in [9.17, 15) is 9.18 Å². The highest BCUT2D eigenvalue weighted by atomic mass is 19.1. The lowest BCUT2D eigenvalue weighted by molar-refractivity contribution is 0.102. The maximum atomic E-state index is 14.0. The molecule has 0 spiro atoms. The van der Waals surface area contributed by atoms with Gasteiger partial charge in [-0.05, 0) is 44.0 Å². The minimum Gasteiger partial charge on any atom is -0.496 e. The smallest absolute Gasteiger partial charge is 0.258 e. The second-order valence-electron chi connectivity index (χ2n) is 4.98. The molecule has 0 aliphatic heterocycles. The number of carbonyl (C=O) groups excluding carboxylic acids is 1. The van der Waals surface area contributed by atoms with E-state index in [0.29, 0.717) is 11.3 Å². The van der Waals surface area contributed by atoms with Gasteiger partial charge in [0.2, 0.25) is 0 Å². The van der Waals surface area contributed by atoms with Crippen LogP contribution in [-0.4, -0.2) is 13.0 Å². The molecule has 0 saturated carbocycles. The summed E-state index contributed by atoms with van der Waals surface area (Å²) in [5.74, 6) is -0.241. The van der Waals surface area contributed by atoms with Gasteiger partial charge in [0.1, 0.15) is 11.6 Å². The van der Waals surface area contributed by atoms with Crippen LogP contribution in [0.25, 0.3) is 0 Å². The molecule has 0 aromatic heterocycles. The molecule has 0 aliphatic rings. The molecule has 0 heterocycles. The van der Waals surface area contributed by atoms with Crippen molar-refractivity contribution >= 4 is 11.6 Å². The van der Waals surface area contributed by atoms with E-state index in [0.717, 1.165) is 16.9 Å². The highest BCUT2D eigenvalue weighted by Gasteiger charge is 2.15. The Hall–Kier alpha value is -2.36. The van der Waals surface area contributed by atoms with Gasteiger partial charge in [-0.3, -0.25) is 4.79 Å². The van der Waals surface area contributed by atoms with Gasteiger partial charge in [-0.15, -0.1) is 0 Å². The monoisotopic (exact) mass is 287 g/mol. The number of aryl methyl sites for hydroxylation is 2. The SMILES string of the molecule is COc1c(C)ccc(NC(=O)c2cccc(C)c2F)c1C. The average Bonchev–Trinajstić information content (AvgIpc) is 2.45. The van der Waals surface area contributed by atoms with E-state index in [1.54, 1.807) is 32.2 Å². The summed E-state index contributed by atoms with van der Waals surface area (Å²) in [7, 11) is 1.58. The molecule has 2 rings (SSSR count). The molecular formula is C17H18FNO2. The fourth-order valence-electron chi connectivity index (χ4n) is 2.29. The number of anilines is 1. The Morgan fingerprint density at radius 3 is 2.48 bits per heavy atom. The van der Waals surface area contributed by atoms with Crippen LogP contribution in [0.1, 0.15) is 27.0 Å². The maximum Gasteiger partial charge on any atom is 0.258 e. The van der Waals surface area contributed by atoms with Crippen molar-refractivity contribution in [3.05, 3.63) is 58.4 Å². The van der Waals surface area contributed by atoms with Crippen molar-refractivity contribution in [3.8, 4) is 5.75 Å². The molecule has 2 aromatic carbocycles. The number of rotatable bonds is 3. The Kier molecular flexibility index (Phi) is 4.26. The number of ether oxygens (including phenoxy) is 1. The topological polar surface area (TPSA) is 38.3 Å². The number of amides is 1. The van der Waals surface area contributed by atoms with Crippen LogP contribution in [0.15, 0.2) is 30.3 Å². The van der Waals surface area contributed by atoms with E-state index >= 15 is 0 Å². The maximum absolute atomic E-state index is 14.0. The Morgan fingerprint density at radius 1 is 1.10 bits per heavy atom. The predicted molar refractivity (Wildman–Crippen MR) is 81.6 cm³/mol. The molecule has 0 saturated heterocycles. The lowest BCUT2D eigenvalue weighted by Gasteiger charge is -2.14. The van der Waals surface area contributed by atoms with Gasteiger partial charge >= 0.3 is 0 Å². The molecule has 4 heteroatoms. The van der Waals surface area contributed by atoms with Crippen molar-refractivity contribution in [1.82, 2.24) is 0 Å². The van der Waals surface area contributed by atoms with Gasteiger partial charge in [0, 0.05) is 11.3 Å². The van der Waals surface area contributed by atoms with Crippen molar-refractivity contribution in [2.45, 2.75) is 20.8 Å². The fourth-order valence-corrected chi connectivity index (χ4v) is 2.29. The van der Waals surface area contributed by atoms with E-state index in [-0.39, 0.29) is 5.56 Å². The number of hydrogen-bond acceptors (Lipinski definition) is 2. The molecule has 21 heavy (non-hydrogen) atoms. The highest BCUT2D eigenvalue weighted by molar-refractivity contribution is 6.05. The van der Waals surface area contributed by atoms with Crippen molar-refractivity contribution in [2.75, 3.05) is 12.4 Å². The second-order valence-corrected chi connectivity index (χ2v) is 4.98. The normalized spacial score (nSPS) is 10.3. The standard InChI is InChI=1S/C17H18FNO2/c1-10-6-5-7-13(15(10)18)17(20)19-14-9-8-11(2)16(21-4)12(14)3/h5-9H,1-4H3,(H,19,20). The van der Waals surface area contributed by atoms with Crippen LogP contribution in [0.3, 0.4) is 0 Å². The van der Waals surface area contributed by atoms with Gasteiger partial charge < -0.3 is 10.1 Å². The number of hydrogen-bond donors (Lipinski definition) is 1. The fraction of sp³-hybridized carbons (Fsp3) is 0.235. The number of halogens is 1. The lowest BCUT2D eigenvalue weighted by Crippen LogP contribution is -2.15. The van der Waals surface area contributed by atoms with Crippen LogP contribution in [0.2, 0.25) is 0 Å². The Labute approximate surface area is 123 Å². The molecule has 1 amide bonds. The molecule has 1 N–H and O–H groups in total. The molecule has 110 valence electrons. The number of carbonyl (C=O) groups is 1. The molecule has 0 aliphatic carbocycles. The van der Waals surface area contributed by atoms with Crippen molar-refractivity contribution in [2.24, 2.45) is 0 Å². The van der Waals surface area contributed by atoms with Crippen LogP contribution in [0.4, 0.5) is 10.1 Å². The average molecular weight is 287 g/mol. The first-order chi connectivity index (χ1) is 9.95. The summed E-state index contributed by atoms with van der Waals surface area (Å²) in [5, 5.41) is 2.74. The summed E-state index contributed by atoms with van der Waals surface area (Å²) in [5.41, 5.74) is 2.90. The van der Waals surface area contributed by atoms with Gasteiger partial charge in [0.25, 0.3) is 5.91 Å². The summed E-state index contributed by atoms with van der Waals surface area (Å²) < 4.78 is 19.3. The number of methoxy groups -OCH3 is 1. The molecular weight excluding hydrogens is 269 g/mol. The van der Waals surface area contributed by atoms with Crippen LogP contribution >= 0.6 is 0 Å². The zero-order valence-electron chi connectivity index (χ0n) is 12.6. The van der Waals surface area contributed by atoms with E-state index in [1.165, 1.54) is 6.07 Å². The highest BCUT2D eigenvalue weighted by Crippen LogP contribution is 2.29. The molecule has 0 fully saturated rings. The number of benzene rings is 2. The molecule has 0 radical (unpaired) electrons. The van der Waals surface area contributed by atoms with Crippen LogP contribution in [-0.2, 0) is 0 Å². The summed E-state index contributed by atoms with van der Waals surface area (Å²) in [4.78, 5) is 12.2. The minimum absolute atomic E-state index is 0.0361. The largest absolute Gasteiger partial charge is 0.496 e. The van der Waals surface area contributed by atoms with Gasteiger partial charge in [-0.1, -0.05) is 18.2 Å². The third-order valence-corrected chi connectivity index (χ3v) is 3.49. The Balaban J connectivity index is 2.34. The molecule has 2 aromatic rings. The third kappa shape index (κ3) is 2.89. The van der Waals surface area contributed by atoms with Crippen LogP contribution in [0.5, 0.6) is 5.75 Å². The zero-order valence-corrected chi connectivity index (χ0v) is 12.6. The van der Waals surface area contributed by atoms with Crippen LogP contribution in [0, 0.1) is 26.6 Å². The van der Waals surface area contributed by atoms with Crippen molar-refractivity contribution < 1.29 is 13.9 Å². The summed E-state index contributed by atoms with van der Waals surface area (Å²) in [6.45, 7) is 5.41. The lowest BCUT2D eigenvalue weighted by atomic mass is 10.1.